The summed E-state index contributed by atoms with van der Waals surface area (Å²) in [5.74, 6) is 1.12. The van der Waals surface area contributed by atoms with Gasteiger partial charge >= 0.3 is 0 Å². The Morgan fingerprint density at radius 1 is 1.21 bits per heavy atom. The Kier molecular flexibility index (Phi) is 5.68. The van der Waals surface area contributed by atoms with Crippen LogP contribution in [0.5, 0.6) is 0 Å². The molecule has 0 aromatic rings. The molecule has 110 valence electrons. The highest BCUT2D eigenvalue weighted by molar-refractivity contribution is 5.84. The molecule has 1 N–H and O–H groups in total. The number of rotatable bonds is 6. The van der Waals surface area contributed by atoms with E-state index in [2.05, 4.69) is 24.1 Å². The Morgan fingerprint density at radius 3 is 2.58 bits per heavy atom. The molecule has 0 aromatic heterocycles. The minimum atomic E-state index is 0.0912. The predicted molar refractivity (Wildman–Crippen MR) is 78.8 cm³/mol. The molecule has 1 heterocycles. The molecule has 19 heavy (non-hydrogen) atoms. The van der Waals surface area contributed by atoms with Crippen molar-refractivity contribution in [3.8, 4) is 0 Å². The lowest BCUT2D eigenvalue weighted by atomic mass is 9.89. The van der Waals surface area contributed by atoms with Crippen LogP contribution in [0.1, 0.15) is 71.6 Å². The first-order chi connectivity index (χ1) is 9.26. The maximum Gasteiger partial charge on any atom is 0.241 e. The summed E-state index contributed by atoms with van der Waals surface area (Å²) in [6.07, 6.45) is 11.4. The van der Waals surface area contributed by atoms with Gasteiger partial charge in [-0.05, 0) is 31.6 Å². The summed E-state index contributed by atoms with van der Waals surface area (Å²) in [6, 6.07) is 0.0912. The van der Waals surface area contributed by atoms with E-state index in [1.807, 2.05) is 0 Å². The van der Waals surface area contributed by atoms with Crippen molar-refractivity contribution < 1.29 is 4.79 Å². The Bertz CT molecular complexity index is 286. The molecule has 0 bridgehead atoms. The highest BCUT2D eigenvalue weighted by Crippen LogP contribution is 2.27. The molecule has 0 spiro atoms. The lowest BCUT2D eigenvalue weighted by molar-refractivity contribution is -0.131. The van der Waals surface area contributed by atoms with E-state index in [9.17, 15) is 4.79 Å². The molecule has 1 saturated carbocycles. The molecule has 0 aromatic carbocycles. The van der Waals surface area contributed by atoms with Crippen LogP contribution in [0.2, 0.25) is 0 Å². The van der Waals surface area contributed by atoms with Crippen molar-refractivity contribution >= 4 is 5.91 Å². The van der Waals surface area contributed by atoms with Gasteiger partial charge in [-0.3, -0.25) is 10.1 Å². The molecule has 1 aliphatic carbocycles. The average Bonchev–Trinajstić information content (AvgIpc) is 2.74. The van der Waals surface area contributed by atoms with E-state index in [-0.39, 0.29) is 12.2 Å². The molecule has 1 amide bonds. The predicted octanol–water partition coefficient (Wildman–Crippen LogP) is 3.29. The van der Waals surface area contributed by atoms with Crippen molar-refractivity contribution in [3.05, 3.63) is 0 Å². The van der Waals surface area contributed by atoms with Crippen molar-refractivity contribution in [1.29, 1.82) is 0 Å². The molecule has 2 unspecified atom stereocenters. The molecule has 3 nitrogen and oxygen atoms in total. The van der Waals surface area contributed by atoms with Gasteiger partial charge in [-0.2, -0.15) is 0 Å². The molecular formula is C16H30N2O. The van der Waals surface area contributed by atoms with Crippen molar-refractivity contribution in [2.45, 2.75) is 83.8 Å². The lowest BCUT2D eigenvalue weighted by Crippen LogP contribution is -2.40. The first-order valence-electron chi connectivity index (χ1n) is 8.32. The van der Waals surface area contributed by atoms with Gasteiger partial charge in [-0.15, -0.1) is 0 Å². The van der Waals surface area contributed by atoms with Crippen molar-refractivity contribution in [2.75, 3.05) is 6.54 Å². The lowest BCUT2D eigenvalue weighted by Gasteiger charge is -2.30. The number of unbranched alkanes of at least 4 members (excludes halogenated alkanes) is 1. The van der Waals surface area contributed by atoms with Crippen LogP contribution in [0.25, 0.3) is 0 Å². The molecule has 3 heteroatoms. The van der Waals surface area contributed by atoms with Crippen LogP contribution >= 0.6 is 0 Å². The summed E-state index contributed by atoms with van der Waals surface area (Å²) in [4.78, 5) is 14.7. The number of hydrogen-bond donors (Lipinski definition) is 1. The summed E-state index contributed by atoms with van der Waals surface area (Å²) in [5.41, 5.74) is 0. The number of carbonyl (C=O) groups is 1. The summed E-state index contributed by atoms with van der Waals surface area (Å²) in [7, 11) is 0. The highest BCUT2D eigenvalue weighted by atomic mass is 16.2. The third kappa shape index (κ3) is 3.71. The summed E-state index contributed by atoms with van der Waals surface area (Å²) >= 11 is 0. The van der Waals surface area contributed by atoms with Gasteiger partial charge in [0.1, 0.15) is 0 Å². The van der Waals surface area contributed by atoms with Crippen molar-refractivity contribution in [2.24, 2.45) is 5.92 Å². The fraction of sp³-hybridized carbons (Fsp3) is 0.938. The second kappa shape index (κ2) is 7.28. The molecule has 1 aliphatic heterocycles. The van der Waals surface area contributed by atoms with Gasteiger partial charge < -0.3 is 4.90 Å². The zero-order valence-electron chi connectivity index (χ0n) is 12.7. The van der Waals surface area contributed by atoms with Crippen LogP contribution in [0, 0.1) is 5.92 Å². The van der Waals surface area contributed by atoms with E-state index in [0.717, 1.165) is 31.7 Å². The molecule has 2 fully saturated rings. The summed E-state index contributed by atoms with van der Waals surface area (Å²) in [6.45, 7) is 5.37. The highest BCUT2D eigenvalue weighted by Gasteiger charge is 2.38. The topological polar surface area (TPSA) is 32.3 Å². The van der Waals surface area contributed by atoms with Crippen molar-refractivity contribution in [1.82, 2.24) is 10.2 Å². The molecule has 2 atom stereocenters. The van der Waals surface area contributed by atoms with E-state index in [4.69, 9.17) is 0 Å². The van der Waals surface area contributed by atoms with Gasteiger partial charge in [0.05, 0.1) is 12.2 Å². The smallest absolute Gasteiger partial charge is 0.241 e. The zero-order chi connectivity index (χ0) is 13.7. The standard InChI is InChI=1S/C16H30N2O/c1-3-5-11-14-16(19)18(15(4-2)17-14)12-13-9-7-6-8-10-13/h13-15,17H,3-12H2,1-2H3. The second-order valence-electron chi connectivity index (χ2n) is 6.28. The van der Waals surface area contributed by atoms with E-state index < -0.39 is 0 Å². The maximum absolute atomic E-state index is 12.5. The van der Waals surface area contributed by atoms with Crippen LogP contribution in [0.3, 0.4) is 0 Å². The maximum atomic E-state index is 12.5. The minimum absolute atomic E-state index is 0.0912. The van der Waals surface area contributed by atoms with E-state index in [0.29, 0.717) is 5.91 Å². The average molecular weight is 266 g/mol. The number of nitrogens with one attached hydrogen (secondary N) is 1. The Balaban J connectivity index is 1.91. The molecular weight excluding hydrogens is 236 g/mol. The SMILES string of the molecule is CCCCC1NC(CC)N(CC2CCCCC2)C1=O. The van der Waals surface area contributed by atoms with Gasteiger partial charge in [0, 0.05) is 6.54 Å². The number of nitrogens with zero attached hydrogens (tertiary/aromatic N) is 1. The van der Waals surface area contributed by atoms with Crippen LogP contribution in [0.4, 0.5) is 0 Å². The first-order valence-corrected chi connectivity index (χ1v) is 8.32. The Morgan fingerprint density at radius 2 is 1.95 bits per heavy atom. The van der Waals surface area contributed by atoms with Crippen LogP contribution in [-0.2, 0) is 4.79 Å². The molecule has 0 radical (unpaired) electrons. The fourth-order valence-electron chi connectivity index (χ4n) is 3.57. The normalized spacial score (nSPS) is 29.2. The van der Waals surface area contributed by atoms with Gasteiger partial charge in [-0.25, -0.2) is 0 Å². The number of carbonyl (C=O) groups excluding carboxylic acids is 1. The minimum Gasteiger partial charge on any atom is -0.326 e. The van der Waals surface area contributed by atoms with E-state index in [1.165, 1.54) is 38.5 Å². The molecule has 2 rings (SSSR count). The largest absolute Gasteiger partial charge is 0.326 e. The van der Waals surface area contributed by atoms with E-state index in [1.54, 1.807) is 0 Å². The van der Waals surface area contributed by atoms with Crippen LogP contribution in [-0.4, -0.2) is 29.6 Å². The first kappa shape index (κ1) is 14.8. The Labute approximate surface area is 118 Å². The summed E-state index contributed by atoms with van der Waals surface area (Å²) in [5, 5.41) is 3.54. The van der Waals surface area contributed by atoms with Crippen LogP contribution in [0.15, 0.2) is 0 Å². The number of hydrogen-bond acceptors (Lipinski definition) is 2. The second-order valence-corrected chi connectivity index (χ2v) is 6.28. The Hall–Kier alpha value is -0.570. The van der Waals surface area contributed by atoms with Gasteiger partial charge in [0.15, 0.2) is 0 Å². The fourth-order valence-corrected chi connectivity index (χ4v) is 3.57. The van der Waals surface area contributed by atoms with Gasteiger partial charge in [0.2, 0.25) is 5.91 Å². The van der Waals surface area contributed by atoms with E-state index >= 15 is 0 Å². The molecule has 2 aliphatic rings. The third-order valence-electron chi connectivity index (χ3n) is 4.76. The molecule has 1 saturated heterocycles. The van der Waals surface area contributed by atoms with Gasteiger partial charge in [-0.1, -0.05) is 46.0 Å². The third-order valence-corrected chi connectivity index (χ3v) is 4.76. The number of amides is 1. The quantitative estimate of drug-likeness (QED) is 0.800. The van der Waals surface area contributed by atoms with Crippen molar-refractivity contribution in [3.63, 3.8) is 0 Å². The van der Waals surface area contributed by atoms with Crippen LogP contribution < -0.4 is 5.32 Å². The summed E-state index contributed by atoms with van der Waals surface area (Å²) < 4.78 is 0. The monoisotopic (exact) mass is 266 g/mol. The van der Waals surface area contributed by atoms with Gasteiger partial charge in [0.25, 0.3) is 0 Å². The zero-order valence-corrected chi connectivity index (χ0v) is 12.7.